The van der Waals surface area contributed by atoms with Gasteiger partial charge in [0, 0.05) is 38.3 Å². The lowest BCUT2D eigenvalue weighted by Gasteiger charge is -2.43. The minimum Gasteiger partial charge on any atom is -0.465 e. The molecule has 1 fully saturated rings. The predicted octanol–water partition coefficient (Wildman–Crippen LogP) is 1.33. The number of piperazine rings is 1. The van der Waals surface area contributed by atoms with E-state index in [-0.39, 0.29) is 12.0 Å². The van der Waals surface area contributed by atoms with Crippen molar-refractivity contribution in [3.63, 3.8) is 0 Å². The lowest BCUT2D eigenvalue weighted by atomic mass is 9.98. The molecule has 0 saturated carbocycles. The first kappa shape index (κ1) is 18.4. The SMILES string of the molecule is CCOC(=O)C(C)(CN1CCN(C)C(CC)C1)NC(C)C. The topological polar surface area (TPSA) is 44.8 Å². The van der Waals surface area contributed by atoms with Crippen LogP contribution < -0.4 is 5.32 Å². The maximum Gasteiger partial charge on any atom is 0.327 e. The number of likely N-dealkylation sites (N-methyl/N-ethyl adjacent to an activating group) is 1. The normalized spacial score (nSPS) is 24.0. The Hall–Kier alpha value is -0.650. The van der Waals surface area contributed by atoms with Crippen LogP contribution in [-0.2, 0) is 9.53 Å². The second-order valence-electron chi connectivity index (χ2n) is 6.63. The summed E-state index contributed by atoms with van der Waals surface area (Å²) in [7, 11) is 2.18. The number of carbonyl (C=O) groups excluding carboxylic acids is 1. The Bertz CT molecular complexity index is 335. The molecule has 0 aromatic rings. The minimum absolute atomic E-state index is 0.148. The molecule has 0 amide bonds. The van der Waals surface area contributed by atoms with Crippen LogP contribution in [0, 0.1) is 0 Å². The van der Waals surface area contributed by atoms with Crippen LogP contribution in [0.3, 0.4) is 0 Å². The summed E-state index contributed by atoms with van der Waals surface area (Å²) in [6.07, 6.45) is 1.14. The van der Waals surface area contributed by atoms with E-state index in [1.54, 1.807) is 0 Å². The molecule has 1 aliphatic heterocycles. The molecule has 0 aliphatic carbocycles. The highest BCUT2D eigenvalue weighted by molar-refractivity contribution is 5.80. The van der Waals surface area contributed by atoms with Gasteiger partial charge >= 0.3 is 5.97 Å². The van der Waals surface area contributed by atoms with E-state index >= 15 is 0 Å². The molecule has 1 heterocycles. The summed E-state index contributed by atoms with van der Waals surface area (Å²) in [6, 6.07) is 0.818. The van der Waals surface area contributed by atoms with Crippen molar-refractivity contribution in [3.05, 3.63) is 0 Å². The summed E-state index contributed by atoms with van der Waals surface area (Å²) in [5, 5.41) is 3.40. The molecule has 2 atom stereocenters. The van der Waals surface area contributed by atoms with E-state index in [2.05, 4.69) is 42.9 Å². The number of hydrogen-bond acceptors (Lipinski definition) is 5. The van der Waals surface area contributed by atoms with Crippen LogP contribution >= 0.6 is 0 Å². The number of carbonyl (C=O) groups is 1. The molecule has 0 radical (unpaired) electrons. The zero-order valence-corrected chi connectivity index (χ0v) is 14.6. The van der Waals surface area contributed by atoms with Gasteiger partial charge in [0.15, 0.2) is 0 Å². The zero-order valence-electron chi connectivity index (χ0n) is 14.6. The van der Waals surface area contributed by atoms with Gasteiger partial charge in [-0.3, -0.25) is 15.0 Å². The van der Waals surface area contributed by atoms with E-state index in [0.29, 0.717) is 19.2 Å². The average Bonchev–Trinajstić information content (AvgIpc) is 2.40. The highest BCUT2D eigenvalue weighted by atomic mass is 16.5. The first-order chi connectivity index (χ1) is 9.82. The third-order valence-electron chi connectivity index (χ3n) is 4.21. The van der Waals surface area contributed by atoms with Crippen molar-refractivity contribution >= 4 is 5.97 Å². The number of nitrogens with zero attached hydrogens (tertiary/aromatic N) is 2. The van der Waals surface area contributed by atoms with Gasteiger partial charge < -0.3 is 9.64 Å². The quantitative estimate of drug-likeness (QED) is 0.719. The second kappa shape index (κ2) is 8.11. The molecule has 0 aromatic heterocycles. The van der Waals surface area contributed by atoms with Gasteiger partial charge in [0.2, 0.25) is 0 Å². The largest absolute Gasteiger partial charge is 0.465 e. The molecule has 0 aromatic carbocycles. The van der Waals surface area contributed by atoms with Crippen molar-refractivity contribution in [2.24, 2.45) is 0 Å². The maximum atomic E-state index is 12.4. The van der Waals surface area contributed by atoms with Gasteiger partial charge in [-0.05, 0) is 41.2 Å². The van der Waals surface area contributed by atoms with Crippen molar-refractivity contribution < 1.29 is 9.53 Å². The molecule has 124 valence electrons. The van der Waals surface area contributed by atoms with Crippen molar-refractivity contribution in [1.29, 1.82) is 0 Å². The Kier molecular flexibility index (Phi) is 7.10. The van der Waals surface area contributed by atoms with Crippen molar-refractivity contribution in [2.45, 2.75) is 58.7 Å². The summed E-state index contributed by atoms with van der Waals surface area (Å²) in [4.78, 5) is 17.2. The van der Waals surface area contributed by atoms with Crippen molar-refractivity contribution in [1.82, 2.24) is 15.1 Å². The van der Waals surface area contributed by atoms with Gasteiger partial charge in [0.25, 0.3) is 0 Å². The third kappa shape index (κ3) is 5.24. The van der Waals surface area contributed by atoms with E-state index in [0.717, 1.165) is 26.1 Å². The van der Waals surface area contributed by atoms with Crippen LogP contribution in [-0.4, -0.2) is 73.2 Å². The van der Waals surface area contributed by atoms with Gasteiger partial charge in [-0.2, -0.15) is 0 Å². The minimum atomic E-state index is -0.640. The first-order valence-electron chi connectivity index (χ1n) is 8.19. The second-order valence-corrected chi connectivity index (χ2v) is 6.63. The molecule has 1 N–H and O–H groups in total. The molecule has 5 nitrogen and oxygen atoms in total. The van der Waals surface area contributed by atoms with Crippen LogP contribution in [0.4, 0.5) is 0 Å². The smallest absolute Gasteiger partial charge is 0.327 e. The lowest BCUT2D eigenvalue weighted by molar-refractivity contribution is -0.152. The van der Waals surface area contributed by atoms with Gasteiger partial charge in [0.1, 0.15) is 5.54 Å². The molecule has 1 rings (SSSR count). The molecular weight excluding hydrogens is 266 g/mol. The van der Waals surface area contributed by atoms with Crippen molar-refractivity contribution in [3.8, 4) is 0 Å². The number of esters is 1. The number of hydrogen-bond donors (Lipinski definition) is 1. The van der Waals surface area contributed by atoms with Gasteiger partial charge in [-0.15, -0.1) is 0 Å². The van der Waals surface area contributed by atoms with Gasteiger partial charge in [-0.25, -0.2) is 0 Å². The van der Waals surface area contributed by atoms with E-state index in [4.69, 9.17) is 4.74 Å². The fourth-order valence-electron chi connectivity index (χ4n) is 3.14. The summed E-state index contributed by atoms with van der Waals surface area (Å²) in [5.41, 5.74) is -0.640. The molecule has 0 spiro atoms. The summed E-state index contributed by atoms with van der Waals surface area (Å²) in [5.74, 6) is -0.148. The third-order valence-corrected chi connectivity index (χ3v) is 4.21. The van der Waals surface area contributed by atoms with Crippen LogP contribution in [0.25, 0.3) is 0 Å². The molecule has 1 aliphatic rings. The Labute approximate surface area is 130 Å². The molecule has 0 bridgehead atoms. The predicted molar refractivity (Wildman–Crippen MR) is 86.5 cm³/mol. The number of nitrogens with one attached hydrogen (secondary N) is 1. The van der Waals surface area contributed by atoms with E-state index in [9.17, 15) is 4.79 Å². The summed E-state index contributed by atoms with van der Waals surface area (Å²) >= 11 is 0. The lowest BCUT2D eigenvalue weighted by Crippen LogP contribution is -2.62. The molecule has 21 heavy (non-hydrogen) atoms. The highest BCUT2D eigenvalue weighted by Gasteiger charge is 2.38. The van der Waals surface area contributed by atoms with Crippen molar-refractivity contribution in [2.75, 3.05) is 39.8 Å². The molecule has 2 unspecified atom stereocenters. The monoisotopic (exact) mass is 299 g/mol. The first-order valence-corrected chi connectivity index (χ1v) is 8.19. The Morgan fingerprint density at radius 2 is 2.05 bits per heavy atom. The highest BCUT2D eigenvalue weighted by Crippen LogP contribution is 2.16. The van der Waals surface area contributed by atoms with Crippen LogP contribution in [0.2, 0.25) is 0 Å². The van der Waals surface area contributed by atoms with Crippen LogP contribution in [0.5, 0.6) is 0 Å². The zero-order chi connectivity index (χ0) is 16.0. The standard InChI is InChI=1S/C16H33N3O2/c1-7-14-11-19(10-9-18(14)6)12-16(5,17-13(3)4)15(20)21-8-2/h13-14,17H,7-12H2,1-6H3. The summed E-state index contributed by atoms with van der Waals surface area (Å²) < 4.78 is 5.29. The van der Waals surface area contributed by atoms with Gasteiger partial charge in [0.05, 0.1) is 6.61 Å². The average molecular weight is 299 g/mol. The number of rotatable bonds is 7. The molecule has 5 heteroatoms. The van der Waals surface area contributed by atoms with E-state index in [1.807, 2.05) is 13.8 Å². The Morgan fingerprint density at radius 3 is 2.57 bits per heavy atom. The Balaban J connectivity index is 2.74. The fraction of sp³-hybridized carbons (Fsp3) is 0.938. The maximum absolute atomic E-state index is 12.4. The molecular formula is C16H33N3O2. The fourth-order valence-corrected chi connectivity index (χ4v) is 3.14. The number of ether oxygens (including phenoxy) is 1. The molecule has 1 saturated heterocycles. The van der Waals surface area contributed by atoms with Crippen LogP contribution in [0.1, 0.15) is 41.0 Å². The van der Waals surface area contributed by atoms with E-state index in [1.165, 1.54) is 0 Å². The van der Waals surface area contributed by atoms with Crippen LogP contribution in [0.15, 0.2) is 0 Å². The Morgan fingerprint density at radius 1 is 1.38 bits per heavy atom. The summed E-state index contributed by atoms with van der Waals surface area (Å²) in [6.45, 7) is 14.4. The van der Waals surface area contributed by atoms with Gasteiger partial charge in [-0.1, -0.05) is 6.92 Å². The van der Waals surface area contributed by atoms with E-state index < -0.39 is 5.54 Å².